The summed E-state index contributed by atoms with van der Waals surface area (Å²) in [7, 11) is 0. The van der Waals surface area contributed by atoms with Crippen molar-refractivity contribution >= 4 is 5.97 Å². The maximum absolute atomic E-state index is 10.8. The second-order valence-electron chi connectivity index (χ2n) is 5.61. The van der Waals surface area contributed by atoms with Gasteiger partial charge < -0.3 is 9.84 Å². The van der Waals surface area contributed by atoms with Crippen LogP contribution in [0.25, 0.3) is 11.4 Å². The number of ether oxygens (including phenoxy) is 1. The minimum Gasteiger partial charge on any atom is -0.492 e. The highest BCUT2D eigenvalue weighted by Gasteiger charge is 2.06. The zero-order valence-electron chi connectivity index (χ0n) is 13.7. The SMILES string of the molecule is O=C(O)CCc1ccccc1CCOc1ccc(-c2ccn[nH]2)nc1. The van der Waals surface area contributed by atoms with Crippen LogP contribution >= 0.6 is 0 Å². The number of hydrogen-bond donors (Lipinski definition) is 2. The number of H-pyrrole nitrogens is 1. The number of carbonyl (C=O) groups is 1. The van der Waals surface area contributed by atoms with Gasteiger partial charge in [0, 0.05) is 19.0 Å². The summed E-state index contributed by atoms with van der Waals surface area (Å²) in [6.45, 7) is 0.509. The third kappa shape index (κ3) is 4.67. The van der Waals surface area contributed by atoms with Crippen LogP contribution in [-0.4, -0.2) is 32.9 Å². The van der Waals surface area contributed by atoms with Crippen molar-refractivity contribution in [3.8, 4) is 17.1 Å². The van der Waals surface area contributed by atoms with Crippen molar-refractivity contribution in [2.75, 3.05) is 6.61 Å². The lowest BCUT2D eigenvalue weighted by molar-refractivity contribution is -0.136. The number of nitrogens with one attached hydrogen (secondary N) is 1. The Morgan fingerprint density at radius 3 is 2.52 bits per heavy atom. The van der Waals surface area contributed by atoms with E-state index in [4.69, 9.17) is 9.84 Å². The van der Waals surface area contributed by atoms with Crippen LogP contribution in [0.1, 0.15) is 17.5 Å². The van der Waals surface area contributed by atoms with Gasteiger partial charge in [-0.25, -0.2) is 0 Å². The van der Waals surface area contributed by atoms with Gasteiger partial charge in [-0.1, -0.05) is 24.3 Å². The number of hydrogen-bond acceptors (Lipinski definition) is 4. The number of benzene rings is 1. The van der Waals surface area contributed by atoms with Gasteiger partial charge in [0.2, 0.25) is 0 Å². The highest BCUT2D eigenvalue weighted by atomic mass is 16.5. The fraction of sp³-hybridized carbons (Fsp3) is 0.211. The van der Waals surface area contributed by atoms with E-state index >= 15 is 0 Å². The molecule has 0 spiro atoms. The lowest BCUT2D eigenvalue weighted by Gasteiger charge is -2.10. The summed E-state index contributed by atoms with van der Waals surface area (Å²) in [5.74, 6) is -0.0826. The first kappa shape index (κ1) is 16.7. The molecule has 0 radical (unpaired) electrons. The van der Waals surface area contributed by atoms with Crippen molar-refractivity contribution < 1.29 is 14.6 Å². The molecule has 2 heterocycles. The van der Waals surface area contributed by atoms with Crippen LogP contribution in [0, 0.1) is 0 Å². The van der Waals surface area contributed by atoms with Gasteiger partial charge in [-0.05, 0) is 35.7 Å². The van der Waals surface area contributed by atoms with E-state index in [1.54, 1.807) is 12.4 Å². The van der Waals surface area contributed by atoms with Crippen LogP contribution < -0.4 is 4.74 Å². The van der Waals surface area contributed by atoms with E-state index in [9.17, 15) is 4.79 Å². The Labute approximate surface area is 145 Å². The van der Waals surface area contributed by atoms with Gasteiger partial charge in [0.05, 0.1) is 24.2 Å². The monoisotopic (exact) mass is 337 g/mol. The van der Waals surface area contributed by atoms with Gasteiger partial charge >= 0.3 is 5.97 Å². The summed E-state index contributed by atoms with van der Waals surface area (Å²) >= 11 is 0. The number of rotatable bonds is 8. The molecule has 0 saturated carbocycles. The predicted octanol–water partition coefficient (Wildman–Crippen LogP) is 3.11. The number of nitrogens with zero attached hydrogens (tertiary/aromatic N) is 2. The minimum atomic E-state index is -0.783. The van der Waals surface area contributed by atoms with Gasteiger partial charge in [-0.2, -0.15) is 5.10 Å². The second kappa shape index (κ2) is 8.10. The number of aryl methyl sites for hydroxylation is 1. The van der Waals surface area contributed by atoms with Crippen LogP contribution in [-0.2, 0) is 17.6 Å². The van der Waals surface area contributed by atoms with Gasteiger partial charge in [-0.15, -0.1) is 0 Å². The Kier molecular flexibility index (Phi) is 5.41. The van der Waals surface area contributed by atoms with Gasteiger partial charge in [-0.3, -0.25) is 14.9 Å². The van der Waals surface area contributed by atoms with Crippen LogP contribution in [0.15, 0.2) is 54.9 Å². The van der Waals surface area contributed by atoms with Crippen molar-refractivity contribution in [1.82, 2.24) is 15.2 Å². The molecule has 3 aromatic rings. The topological polar surface area (TPSA) is 88.1 Å². The molecule has 6 heteroatoms. The molecule has 1 aromatic carbocycles. The Morgan fingerprint density at radius 2 is 1.88 bits per heavy atom. The molecule has 2 aromatic heterocycles. The summed E-state index contributed by atoms with van der Waals surface area (Å²) in [4.78, 5) is 15.1. The molecule has 3 rings (SSSR count). The standard InChI is InChI=1S/C19H19N3O3/c23-19(24)8-5-14-3-1-2-4-15(14)10-12-25-16-6-7-17(20-13-16)18-9-11-21-22-18/h1-4,6-7,9,11,13H,5,8,10,12H2,(H,21,22)(H,23,24). The van der Waals surface area contributed by atoms with Crippen molar-refractivity contribution in [3.63, 3.8) is 0 Å². The van der Waals surface area contributed by atoms with Gasteiger partial charge in [0.25, 0.3) is 0 Å². The zero-order chi connectivity index (χ0) is 17.5. The van der Waals surface area contributed by atoms with E-state index in [0.717, 1.165) is 28.9 Å². The maximum Gasteiger partial charge on any atom is 0.303 e. The lowest BCUT2D eigenvalue weighted by Crippen LogP contribution is -2.05. The average Bonchev–Trinajstić information content (AvgIpc) is 3.16. The van der Waals surface area contributed by atoms with Crippen LogP contribution in [0.4, 0.5) is 0 Å². The van der Waals surface area contributed by atoms with Crippen molar-refractivity contribution in [2.45, 2.75) is 19.3 Å². The van der Waals surface area contributed by atoms with Crippen molar-refractivity contribution in [1.29, 1.82) is 0 Å². The van der Waals surface area contributed by atoms with E-state index < -0.39 is 5.97 Å². The molecule has 0 fully saturated rings. The molecule has 0 saturated heterocycles. The van der Waals surface area contributed by atoms with E-state index in [0.29, 0.717) is 18.8 Å². The van der Waals surface area contributed by atoms with Crippen LogP contribution in [0.3, 0.4) is 0 Å². The van der Waals surface area contributed by atoms with Crippen LogP contribution in [0.2, 0.25) is 0 Å². The molecule has 25 heavy (non-hydrogen) atoms. The molecular formula is C19H19N3O3. The smallest absolute Gasteiger partial charge is 0.303 e. The molecule has 0 bridgehead atoms. The summed E-state index contributed by atoms with van der Waals surface area (Å²) in [5, 5.41) is 15.6. The Bertz CT molecular complexity index is 814. The lowest BCUT2D eigenvalue weighted by atomic mass is 10.0. The molecule has 2 N–H and O–H groups in total. The molecular weight excluding hydrogens is 318 g/mol. The van der Waals surface area contributed by atoms with Gasteiger partial charge in [0.15, 0.2) is 0 Å². The number of aromatic amines is 1. The summed E-state index contributed by atoms with van der Waals surface area (Å²) < 4.78 is 5.76. The van der Waals surface area contributed by atoms with Gasteiger partial charge in [0.1, 0.15) is 5.75 Å². The van der Waals surface area contributed by atoms with E-state index in [1.807, 2.05) is 42.5 Å². The number of aliphatic carboxylic acids is 1. The minimum absolute atomic E-state index is 0.136. The molecule has 0 atom stereocenters. The highest BCUT2D eigenvalue weighted by molar-refractivity contribution is 5.67. The number of pyridine rings is 1. The predicted molar refractivity (Wildman–Crippen MR) is 93.4 cm³/mol. The summed E-state index contributed by atoms with van der Waals surface area (Å²) in [6, 6.07) is 13.5. The third-order valence-corrected chi connectivity index (χ3v) is 3.88. The first-order valence-electron chi connectivity index (χ1n) is 8.09. The fourth-order valence-corrected chi connectivity index (χ4v) is 2.59. The normalized spacial score (nSPS) is 10.6. The summed E-state index contributed by atoms with van der Waals surface area (Å²) in [6.07, 6.45) is 4.76. The quantitative estimate of drug-likeness (QED) is 0.659. The molecule has 6 nitrogen and oxygen atoms in total. The van der Waals surface area contributed by atoms with Crippen molar-refractivity contribution in [3.05, 3.63) is 66.0 Å². The molecule has 0 aliphatic rings. The molecule has 0 aliphatic carbocycles. The van der Waals surface area contributed by atoms with Crippen LogP contribution in [0.5, 0.6) is 5.75 Å². The van der Waals surface area contributed by atoms with E-state index in [1.165, 1.54) is 0 Å². The fourth-order valence-electron chi connectivity index (χ4n) is 2.59. The Hall–Kier alpha value is -3.15. The zero-order valence-corrected chi connectivity index (χ0v) is 13.7. The molecule has 0 amide bonds. The second-order valence-corrected chi connectivity index (χ2v) is 5.61. The maximum atomic E-state index is 10.8. The number of aromatic nitrogens is 3. The van der Waals surface area contributed by atoms with Crippen molar-refractivity contribution in [2.24, 2.45) is 0 Å². The highest BCUT2D eigenvalue weighted by Crippen LogP contribution is 2.18. The molecule has 0 unspecified atom stereocenters. The largest absolute Gasteiger partial charge is 0.492 e. The first-order valence-corrected chi connectivity index (χ1v) is 8.09. The van der Waals surface area contributed by atoms with E-state index in [-0.39, 0.29) is 6.42 Å². The molecule has 0 aliphatic heterocycles. The number of carboxylic acid groups (broad SMARTS) is 1. The first-order chi connectivity index (χ1) is 12.2. The molecule has 128 valence electrons. The number of carboxylic acids is 1. The average molecular weight is 337 g/mol. The van der Waals surface area contributed by atoms with E-state index in [2.05, 4.69) is 15.2 Å². The Morgan fingerprint density at radius 1 is 1.08 bits per heavy atom. The third-order valence-electron chi connectivity index (χ3n) is 3.88. The Balaban J connectivity index is 1.55. The summed E-state index contributed by atoms with van der Waals surface area (Å²) in [5.41, 5.74) is 3.84.